The summed E-state index contributed by atoms with van der Waals surface area (Å²) in [6.07, 6.45) is 2.67. The molecule has 0 radical (unpaired) electrons. The highest BCUT2D eigenvalue weighted by molar-refractivity contribution is 6.10. The van der Waals surface area contributed by atoms with Gasteiger partial charge in [0.25, 0.3) is 0 Å². The standard InChI is InChI=1S/C17H23NO2/c1-12(2)18(13(3)4)11-14-9-10-20-16-8-6-5-7-15(16)17(14)19/h5-8,11-13H,9-10H2,1-4H3/b14-11+. The van der Waals surface area contributed by atoms with Gasteiger partial charge in [-0.2, -0.15) is 0 Å². The van der Waals surface area contributed by atoms with Gasteiger partial charge in [0, 0.05) is 30.3 Å². The van der Waals surface area contributed by atoms with Crippen molar-refractivity contribution in [3.8, 4) is 5.75 Å². The fraction of sp³-hybridized carbons (Fsp3) is 0.471. The third-order valence-electron chi connectivity index (χ3n) is 3.55. The Morgan fingerprint density at radius 3 is 2.45 bits per heavy atom. The van der Waals surface area contributed by atoms with E-state index in [1.54, 1.807) is 0 Å². The normalized spacial score (nSPS) is 17.1. The molecule has 0 N–H and O–H groups in total. The second-order valence-electron chi connectivity index (χ2n) is 5.71. The molecule has 3 nitrogen and oxygen atoms in total. The highest BCUT2D eigenvalue weighted by atomic mass is 16.5. The average molecular weight is 273 g/mol. The van der Waals surface area contributed by atoms with Gasteiger partial charge in [0.1, 0.15) is 5.75 Å². The van der Waals surface area contributed by atoms with Gasteiger partial charge in [0.05, 0.1) is 12.2 Å². The van der Waals surface area contributed by atoms with Gasteiger partial charge in [-0.1, -0.05) is 12.1 Å². The molecule has 0 spiro atoms. The minimum absolute atomic E-state index is 0.0874. The Bertz CT molecular complexity index is 509. The van der Waals surface area contributed by atoms with Crippen molar-refractivity contribution in [1.82, 2.24) is 4.90 Å². The molecule has 0 fully saturated rings. The lowest BCUT2D eigenvalue weighted by Gasteiger charge is -2.30. The van der Waals surface area contributed by atoms with E-state index >= 15 is 0 Å². The van der Waals surface area contributed by atoms with Crippen molar-refractivity contribution in [3.05, 3.63) is 41.6 Å². The topological polar surface area (TPSA) is 29.5 Å². The lowest BCUT2D eigenvalue weighted by molar-refractivity contribution is 0.102. The molecule has 20 heavy (non-hydrogen) atoms. The summed E-state index contributed by atoms with van der Waals surface area (Å²) in [5, 5.41) is 0. The molecule has 0 aliphatic carbocycles. The molecule has 0 atom stereocenters. The molecule has 0 saturated carbocycles. The number of fused-ring (bicyclic) bond motifs is 1. The molecular formula is C17H23NO2. The third-order valence-corrected chi connectivity index (χ3v) is 3.55. The van der Waals surface area contributed by atoms with Crippen LogP contribution in [-0.4, -0.2) is 29.4 Å². The molecule has 0 bridgehead atoms. The van der Waals surface area contributed by atoms with E-state index in [0.717, 1.165) is 5.57 Å². The quantitative estimate of drug-likeness (QED) is 0.787. The Hall–Kier alpha value is -1.77. The molecule has 1 aromatic rings. The van der Waals surface area contributed by atoms with E-state index in [-0.39, 0.29) is 5.78 Å². The van der Waals surface area contributed by atoms with Crippen molar-refractivity contribution in [3.63, 3.8) is 0 Å². The van der Waals surface area contributed by atoms with Crippen LogP contribution in [0, 0.1) is 0 Å². The molecule has 0 aromatic heterocycles. The molecule has 1 aliphatic heterocycles. The summed E-state index contributed by atoms with van der Waals surface area (Å²) in [6, 6.07) is 8.22. The van der Waals surface area contributed by atoms with Crippen molar-refractivity contribution in [2.24, 2.45) is 0 Å². The Morgan fingerprint density at radius 2 is 1.80 bits per heavy atom. The van der Waals surface area contributed by atoms with Gasteiger partial charge in [0.15, 0.2) is 5.78 Å². The summed E-state index contributed by atoms with van der Waals surface area (Å²) in [7, 11) is 0. The van der Waals surface area contributed by atoms with Crippen LogP contribution in [0.25, 0.3) is 0 Å². The Kier molecular flexibility index (Phi) is 4.48. The van der Waals surface area contributed by atoms with Crippen LogP contribution >= 0.6 is 0 Å². The maximum atomic E-state index is 12.6. The van der Waals surface area contributed by atoms with Gasteiger partial charge in [-0.25, -0.2) is 0 Å². The summed E-state index contributed by atoms with van der Waals surface area (Å²) in [5.74, 6) is 0.783. The van der Waals surface area contributed by atoms with Crippen LogP contribution in [0.5, 0.6) is 5.75 Å². The van der Waals surface area contributed by atoms with Gasteiger partial charge in [0.2, 0.25) is 0 Å². The SMILES string of the molecule is CC(C)N(/C=C1\CCOc2ccccc2C1=O)C(C)C. The summed E-state index contributed by atoms with van der Waals surface area (Å²) in [5.41, 5.74) is 1.50. The monoisotopic (exact) mass is 273 g/mol. The number of nitrogens with zero attached hydrogens (tertiary/aromatic N) is 1. The highest BCUT2D eigenvalue weighted by Crippen LogP contribution is 2.27. The number of hydrogen-bond donors (Lipinski definition) is 0. The number of rotatable bonds is 3. The van der Waals surface area contributed by atoms with Crippen molar-refractivity contribution in [2.45, 2.75) is 46.2 Å². The van der Waals surface area contributed by atoms with E-state index in [1.165, 1.54) is 0 Å². The van der Waals surface area contributed by atoms with Crippen LogP contribution < -0.4 is 4.74 Å². The largest absolute Gasteiger partial charge is 0.492 e. The molecule has 3 heteroatoms. The lowest BCUT2D eigenvalue weighted by Crippen LogP contribution is -2.33. The number of carbonyl (C=O) groups is 1. The summed E-state index contributed by atoms with van der Waals surface area (Å²) in [6.45, 7) is 9.12. The van der Waals surface area contributed by atoms with Crippen molar-refractivity contribution >= 4 is 5.78 Å². The molecule has 0 unspecified atom stereocenters. The molecule has 1 heterocycles. The van der Waals surface area contributed by atoms with E-state index in [4.69, 9.17) is 4.74 Å². The van der Waals surface area contributed by atoms with Crippen LogP contribution in [0.3, 0.4) is 0 Å². The number of ketones is 1. The first kappa shape index (κ1) is 14.6. The van der Waals surface area contributed by atoms with E-state index in [0.29, 0.717) is 36.4 Å². The van der Waals surface area contributed by atoms with E-state index in [2.05, 4.69) is 32.6 Å². The molecule has 1 aromatic carbocycles. The van der Waals surface area contributed by atoms with E-state index in [1.807, 2.05) is 30.5 Å². The number of benzene rings is 1. The first-order valence-corrected chi connectivity index (χ1v) is 7.25. The molecular weight excluding hydrogens is 250 g/mol. The van der Waals surface area contributed by atoms with Crippen LogP contribution in [0.15, 0.2) is 36.0 Å². The fourth-order valence-corrected chi connectivity index (χ4v) is 2.54. The van der Waals surface area contributed by atoms with Crippen LogP contribution in [0.1, 0.15) is 44.5 Å². The van der Waals surface area contributed by atoms with Crippen LogP contribution in [0.2, 0.25) is 0 Å². The number of hydrogen-bond acceptors (Lipinski definition) is 3. The molecule has 108 valence electrons. The van der Waals surface area contributed by atoms with Gasteiger partial charge in [-0.05, 0) is 39.8 Å². The zero-order valence-corrected chi connectivity index (χ0v) is 12.7. The first-order valence-electron chi connectivity index (χ1n) is 7.25. The van der Waals surface area contributed by atoms with Gasteiger partial charge >= 0.3 is 0 Å². The lowest BCUT2D eigenvalue weighted by atomic mass is 10.0. The summed E-state index contributed by atoms with van der Waals surface area (Å²) >= 11 is 0. The third kappa shape index (κ3) is 3.03. The maximum Gasteiger partial charge on any atom is 0.194 e. The predicted molar refractivity (Wildman–Crippen MR) is 81.1 cm³/mol. The zero-order valence-electron chi connectivity index (χ0n) is 12.7. The highest BCUT2D eigenvalue weighted by Gasteiger charge is 2.22. The van der Waals surface area contributed by atoms with E-state index in [9.17, 15) is 4.79 Å². The molecule has 0 saturated heterocycles. The number of para-hydroxylation sites is 1. The minimum atomic E-state index is 0.0874. The van der Waals surface area contributed by atoms with Crippen molar-refractivity contribution < 1.29 is 9.53 Å². The zero-order chi connectivity index (χ0) is 14.7. The first-order chi connectivity index (χ1) is 9.50. The van der Waals surface area contributed by atoms with E-state index < -0.39 is 0 Å². The smallest absolute Gasteiger partial charge is 0.194 e. The molecule has 1 aliphatic rings. The summed E-state index contributed by atoms with van der Waals surface area (Å²) < 4.78 is 5.67. The second-order valence-corrected chi connectivity index (χ2v) is 5.71. The Labute approximate surface area is 121 Å². The fourth-order valence-electron chi connectivity index (χ4n) is 2.54. The molecule has 0 amide bonds. The molecule has 2 rings (SSSR count). The minimum Gasteiger partial charge on any atom is -0.492 e. The van der Waals surface area contributed by atoms with Gasteiger partial charge < -0.3 is 9.64 Å². The number of Topliss-reactive ketones (excluding diaryl/α,β-unsaturated/α-hetero) is 1. The van der Waals surface area contributed by atoms with Crippen molar-refractivity contribution in [2.75, 3.05) is 6.61 Å². The maximum absolute atomic E-state index is 12.6. The number of ether oxygens (including phenoxy) is 1. The Balaban J connectivity index is 2.36. The average Bonchev–Trinajstić information content (AvgIpc) is 2.56. The predicted octanol–water partition coefficient (Wildman–Crippen LogP) is 3.65. The van der Waals surface area contributed by atoms with Crippen LogP contribution in [-0.2, 0) is 0 Å². The summed E-state index contributed by atoms with van der Waals surface area (Å²) in [4.78, 5) is 14.9. The Morgan fingerprint density at radius 1 is 1.15 bits per heavy atom. The van der Waals surface area contributed by atoms with Gasteiger partial charge in [-0.15, -0.1) is 0 Å². The number of carbonyl (C=O) groups excluding carboxylic acids is 1. The second kappa shape index (κ2) is 6.12. The van der Waals surface area contributed by atoms with Gasteiger partial charge in [-0.3, -0.25) is 4.79 Å². The van der Waals surface area contributed by atoms with Crippen LogP contribution in [0.4, 0.5) is 0 Å². The van der Waals surface area contributed by atoms with Crippen molar-refractivity contribution in [1.29, 1.82) is 0 Å².